The van der Waals surface area contributed by atoms with Crippen LogP contribution in [0.15, 0.2) is 41.5 Å². The highest BCUT2D eigenvalue weighted by Gasteiger charge is 2.45. The van der Waals surface area contributed by atoms with Crippen LogP contribution in [0.4, 0.5) is 0 Å². The summed E-state index contributed by atoms with van der Waals surface area (Å²) < 4.78 is 0. The molecule has 1 aromatic carbocycles. The Morgan fingerprint density at radius 2 is 2.07 bits per heavy atom. The van der Waals surface area contributed by atoms with Crippen LogP contribution < -0.4 is 0 Å². The predicted molar refractivity (Wildman–Crippen MR) is 112 cm³/mol. The number of carbonyl (C=O) groups excluding carboxylic acids is 2. The number of rotatable bonds is 3. The zero-order chi connectivity index (χ0) is 20.1. The minimum Gasteiger partial charge on any atom is -0.275 e. The van der Waals surface area contributed by atoms with Gasteiger partial charge in [0.2, 0.25) is 0 Å². The Labute approximate surface area is 168 Å². The van der Waals surface area contributed by atoms with Gasteiger partial charge in [0.15, 0.2) is 0 Å². The van der Waals surface area contributed by atoms with Crippen molar-refractivity contribution >= 4 is 11.8 Å². The van der Waals surface area contributed by atoms with Crippen LogP contribution in [-0.4, -0.2) is 23.3 Å². The van der Waals surface area contributed by atoms with E-state index in [1.165, 1.54) is 27.2 Å². The summed E-state index contributed by atoms with van der Waals surface area (Å²) in [6.07, 6.45) is 9.10. The van der Waals surface area contributed by atoms with Gasteiger partial charge in [-0.1, -0.05) is 37.1 Å². The van der Waals surface area contributed by atoms with E-state index in [1.54, 1.807) is 6.08 Å². The Bertz CT molecular complexity index is 890. The summed E-state index contributed by atoms with van der Waals surface area (Å²) in [7, 11) is 0. The van der Waals surface area contributed by atoms with E-state index >= 15 is 0 Å². The average molecular weight is 378 g/mol. The molecule has 0 aromatic heterocycles. The van der Waals surface area contributed by atoms with Crippen molar-refractivity contribution in [2.45, 2.75) is 59.8 Å². The zero-order valence-corrected chi connectivity index (χ0v) is 17.5. The molecule has 1 aromatic rings. The fourth-order valence-corrected chi connectivity index (χ4v) is 5.24. The van der Waals surface area contributed by atoms with Gasteiger partial charge < -0.3 is 0 Å². The Balaban J connectivity index is 1.61. The smallest absolute Gasteiger partial charge is 0.260 e. The third-order valence-corrected chi connectivity index (χ3v) is 7.26. The van der Waals surface area contributed by atoms with Crippen LogP contribution >= 0.6 is 0 Å². The van der Waals surface area contributed by atoms with Crippen LogP contribution in [0.3, 0.4) is 0 Å². The standard InChI is InChI=1S/C25H31NO2/c1-16(2)5-10-22-17(3)6-9-21-15-23(27)26(12-11-25(21,22)4)24(28)19-8-7-18-13-20(18)14-19/h5,7-8,14-15,17,22H,6,9-13H2,1-4H3/t17?,22-,25?/m0/s1. The second kappa shape index (κ2) is 7.02. The summed E-state index contributed by atoms with van der Waals surface area (Å²) in [5, 5.41) is 0. The molecule has 0 spiro atoms. The molecule has 4 rings (SSSR count). The first kappa shape index (κ1) is 19.2. The number of allylic oxidation sites excluding steroid dienone is 3. The van der Waals surface area contributed by atoms with Crippen LogP contribution in [0, 0.1) is 17.3 Å². The summed E-state index contributed by atoms with van der Waals surface area (Å²) >= 11 is 0. The molecule has 3 aliphatic rings. The van der Waals surface area contributed by atoms with Crippen LogP contribution in [0.1, 0.15) is 74.9 Å². The maximum atomic E-state index is 13.1. The van der Waals surface area contributed by atoms with Crippen LogP contribution in [0.25, 0.3) is 0 Å². The van der Waals surface area contributed by atoms with E-state index < -0.39 is 0 Å². The van der Waals surface area contributed by atoms with E-state index in [0.717, 1.165) is 32.1 Å². The minimum atomic E-state index is -0.146. The summed E-state index contributed by atoms with van der Waals surface area (Å²) in [5.41, 5.74) is 5.78. The van der Waals surface area contributed by atoms with Gasteiger partial charge in [0.25, 0.3) is 11.8 Å². The van der Waals surface area contributed by atoms with E-state index in [0.29, 0.717) is 23.9 Å². The Hall–Kier alpha value is -2.16. The van der Waals surface area contributed by atoms with Gasteiger partial charge >= 0.3 is 0 Å². The van der Waals surface area contributed by atoms with Crippen molar-refractivity contribution in [2.24, 2.45) is 17.3 Å². The molecule has 0 N–H and O–H groups in total. The van der Waals surface area contributed by atoms with Gasteiger partial charge in [-0.05, 0) is 86.5 Å². The van der Waals surface area contributed by atoms with Gasteiger partial charge in [-0.3, -0.25) is 14.5 Å². The fourth-order valence-electron chi connectivity index (χ4n) is 5.24. The molecule has 1 saturated carbocycles. The lowest BCUT2D eigenvalue weighted by Gasteiger charge is -2.47. The topological polar surface area (TPSA) is 37.4 Å². The third kappa shape index (κ3) is 3.36. The molecule has 1 fully saturated rings. The molecule has 3 heteroatoms. The normalized spacial score (nSPS) is 28.6. The summed E-state index contributed by atoms with van der Waals surface area (Å²) in [6.45, 7) is 9.47. The first-order chi connectivity index (χ1) is 13.3. The van der Waals surface area contributed by atoms with Crippen LogP contribution in [-0.2, 0) is 11.2 Å². The van der Waals surface area contributed by atoms with Crippen LogP contribution in [0.5, 0.6) is 0 Å². The summed E-state index contributed by atoms with van der Waals surface area (Å²) in [6, 6.07) is 5.84. The quantitative estimate of drug-likeness (QED) is 0.538. The lowest BCUT2D eigenvalue weighted by molar-refractivity contribution is -0.123. The molecule has 148 valence electrons. The Kier molecular flexibility index (Phi) is 4.81. The largest absolute Gasteiger partial charge is 0.275 e. The van der Waals surface area contributed by atoms with E-state index in [9.17, 15) is 9.59 Å². The molecule has 1 aliphatic heterocycles. The van der Waals surface area contributed by atoms with Crippen LogP contribution in [0.2, 0.25) is 0 Å². The van der Waals surface area contributed by atoms with Crippen molar-refractivity contribution in [3.05, 3.63) is 58.2 Å². The number of hydrogen-bond donors (Lipinski definition) is 0. The van der Waals surface area contributed by atoms with Crippen molar-refractivity contribution in [3.8, 4) is 0 Å². The molecule has 0 radical (unpaired) electrons. The molecule has 2 unspecified atom stereocenters. The molecular formula is C25H31NO2. The van der Waals surface area contributed by atoms with E-state index in [1.807, 2.05) is 18.2 Å². The molecule has 28 heavy (non-hydrogen) atoms. The molecule has 3 atom stereocenters. The highest BCUT2D eigenvalue weighted by atomic mass is 16.2. The SMILES string of the molecule is CC(C)=CC[C@H]1C(C)CCC2=CC(=O)N(C(=O)c3ccc4c(c3)C4)CCC21C. The number of carbonyl (C=O) groups is 2. The van der Waals surface area contributed by atoms with Gasteiger partial charge in [-0.15, -0.1) is 0 Å². The van der Waals surface area contributed by atoms with Gasteiger partial charge in [-0.25, -0.2) is 0 Å². The molecule has 2 amide bonds. The predicted octanol–water partition coefficient (Wildman–Crippen LogP) is 5.30. The van der Waals surface area contributed by atoms with Gasteiger partial charge in [-0.2, -0.15) is 0 Å². The van der Waals surface area contributed by atoms with Gasteiger partial charge in [0.05, 0.1) is 0 Å². The van der Waals surface area contributed by atoms with E-state index in [4.69, 9.17) is 0 Å². The van der Waals surface area contributed by atoms with Crippen molar-refractivity contribution in [3.63, 3.8) is 0 Å². The molecule has 3 nitrogen and oxygen atoms in total. The fraction of sp³-hybridized carbons (Fsp3) is 0.520. The average Bonchev–Trinajstić information content (AvgIpc) is 3.43. The zero-order valence-electron chi connectivity index (χ0n) is 17.5. The first-order valence-electron chi connectivity index (χ1n) is 10.6. The molecule has 1 heterocycles. The maximum absolute atomic E-state index is 13.1. The monoisotopic (exact) mass is 377 g/mol. The number of hydrogen-bond acceptors (Lipinski definition) is 2. The Morgan fingerprint density at radius 3 is 2.79 bits per heavy atom. The van der Waals surface area contributed by atoms with Crippen molar-refractivity contribution in [1.82, 2.24) is 4.90 Å². The number of benzene rings is 1. The van der Waals surface area contributed by atoms with E-state index in [2.05, 4.69) is 33.8 Å². The van der Waals surface area contributed by atoms with Gasteiger partial charge in [0, 0.05) is 18.2 Å². The van der Waals surface area contributed by atoms with Gasteiger partial charge in [0.1, 0.15) is 0 Å². The van der Waals surface area contributed by atoms with E-state index in [-0.39, 0.29) is 17.2 Å². The second-order valence-electron chi connectivity index (χ2n) is 9.43. The highest BCUT2D eigenvalue weighted by molar-refractivity contribution is 6.08. The minimum absolute atomic E-state index is 0.0166. The number of imide groups is 1. The molecule has 2 aliphatic carbocycles. The first-order valence-corrected chi connectivity index (χ1v) is 10.6. The maximum Gasteiger partial charge on any atom is 0.260 e. The van der Waals surface area contributed by atoms with Crippen molar-refractivity contribution in [2.75, 3.05) is 6.54 Å². The highest BCUT2D eigenvalue weighted by Crippen LogP contribution is 2.52. The number of nitrogens with zero attached hydrogens (tertiary/aromatic N) is 1. The third-order valence-electron chi connectivity index (χ3n) is 7.26. The lowest BCUT2D eigenvalue weighted by atomic mass is 9.58. The molecular weight excluding hydrogens is 346 g/mol. The number of amides is 2. The Morgan fingerprint density at radius 1 is 1.29 bits per heavy atom. The second-order valence-corrected chi connectivity index (χ2v) is 9.43. The summed E-state index contributed by atoms with van der Waals surface area (Å²) in [5.74, 6) is 0.856. The lowest BCUT2D eigenvalue weighted by Crippen LogP contribution is -2.40. The van der Waals surface area contributed by atoms with Crippen molar-refractivity contribution in [1.29, 1.82) is 0 Å². The number of fused-ring (bicyclic) bond motifs is 2. The van der Waals surface area contributed by atoms with Crippen molar-refractivity contribution < 1.29 is 9.59 Å². The summed E-state index contributed by atoms with van der Waals surface area (Å²) in [4.78, 5) is 27.5. The molecule has 0 bridgehead atoms. The molecule has 0 saturated heterocycles.